The lowest BCUT2D eigenvalue weighted by atomic mass is 9.98. The van der Waals surface area contributed by atoms with Gasteiger partial charge in [0.1, 0.15) is 0 Å². The first kappa shape index (κ1) is 16.2. The number of amides is 1. The van der Waals surface area contributed by atoms with Crippen molar-refractivity contribution in [2.45, 2.75) is 31.7 Å². The molecule has 0 aromatic rings. The fraction of sp³-hybridized carbons (Fsp3) is 0.818. The van der Waals surface area contributed by atoms with Gasteiger partial charge in [0.2, 0.25) is 5.91 Å². The topological polar surface area (TPSA) is 75.6 Å². The summed E-state index contributed by atoms with van der Waals surface area (Å²) < 4.78 is 4.95. The highest BCUT2D eigenvalue weighted by atomic mass is 32.2. The number of aliphatic carboxylic acids is 1. The van der Waals surface area contributed by atoms with E-state index in [1.807, 2.05) is 6.26 Å². The van der Waals surface area contributed by atoms with Crippen LogP contribution in [0.5, 0.6) is 0 Å². The van der Waals surface area contributed by atoms with Crippen LogP contribution < -0.4 is 5.32 Å². The van der Waals surface area contributed by atoms with E-state index in [1.54, 1.807) is 18.7 Å². The van der Waals surface area contributed by atoms with Gasteiger partial charge < -0.3 is 15.2 Å². The first-order chi connectivity index (χ1) is 7.93. The Labute approximate surface area is 106 Å². The number of methoxy groups -OCH3 is 1. The van der Waals surface area contributed by atoms with E-state index in [1.165, 1.54) is 7.11 Å². The van der Waals surface area contributed by atoms with Gasteiger partial charge in [-0.1, -0.05) is 0 Å². The number of ether oxygens (including phenoxy) is 1. The number of carbonyl (C=O) groups excluding carboxylic acids is 1. The Hall–Kier alpha value is -0.750. The lowest BCUT2D eigenvalue weighted by molar-refractivity contribution is -0.139. The van der Waals surface area contributed by atoms with Crippen LogP contribution in [0.15, 0.2) is 0 Å². The van der Waals surface area contributed by atoms with E-state index in [9.17, 15) is 9.59 Å². The van der Waals surface area contributed by atoms with Gasteiger partial charge >= 0.3 is 5.97 Å². The highest BCUT2D eigenvalue weighted by molar-refractivity contribution is 7.98. The van der Waals surface area contributed by atoms with Crippen molar-refractivity contribution in [2.24, 2.45) is 0 Å². The van der Waals surface area contributed by atoms with Gasteiger partial charge in [0, 0.05) is 13.5 Å². The maximum Gasteiger partial charge on any atom is 0.305 e. The van der Waals surface area contributed by atoms with Gasteiger partial charge in [0.15, 0.2) is 0 Å². The van der Waals surface area contributed by atoms with Crippen LogP contribution in [0.2, 0.25) is 0 Å². The molecule has 0 aliphatic carbocycles. The van der Waals surface area contributed by atoms with Crippen molar-refractivity contribution >= 4 is 23.6 Å². The molecule has 0 fully saturated rings. The highest BCUT2D eigenvalue weighted by Gasteiger charge is 2.29. The molecule has 1 amide bonds. The Bertz CT molecular complexity index is 260. The molecule has 17 heavy (non-hydrogen) atoms. The molecule has 1 atom stereocenters. The van der Waals surface area contributed by atoms with E-state index in [2.05, 4.69) is 5.32 Å². The Kier molecular flexibility index (Phi) is 7.99. The van der Waals surface area contributed by atoms with Crippen molar-refractivity contribution in [3.63, 3.8) is 0 Å². The molecular formula is C11H21NO4S. The lowest BCUT2D eigenvalue weighted by Gasteiger charge is -2.28. The highest BCUT2D eigenvalue weighted by Crippen LogP contribution is 2.11. The van der Waals surface area contributed by atoms with Gasteiger partial charge in [-0.3, -0.25) is 9.59 Å². The zero-order chi connectivity index (χ0) is 13.3. The molecule has 0 aliphatic heterocycles. The number of hydrogen-bond acceptors (Lipinski definition) is 4. The monoisotopic (exact) mass is 263 g/mol. The zero-order valence-electron chi connectivity index (χ0n) is 10.6. The maximum atomic E-state index is 11.6. The fourth-order valence-corrected chi connectivity index (χ4v) is 1.99. The van der Waals surface area contributed by atoms with Crippen molar-refractivity contribution in [1.29, 1.82) is 0 Å². The second-order valence-corrected chi connectivity index (χ2v) is 5.19. The molecule has 100 valence electrons. The average molecular weight is 263 g/mol. The molecule has 6 heteroatoms. The van der Waals surface area contributed by atoms with Crippen LogP contribution in [-0.2, 0) is 14.3 Å². The fourth-order valence-electron chi connectivity index (χ4n) is 1.56. The predicted molar refractivity (Wildman–Crippen MR) is 68.3 cm³/mol. The summed E-state index contributed by atoms with van der Waals surface area (Å²) in [5.41, 5.74) is -0.836. The minimum atomic E-state index is -0.950. The van der Waals surface area contributed by atoms with Crippen molar-refractivity contribution in [3.05, 3.63) is 0 Å². The number of carboxylic acid groups (broad SMARTS) is 1. The quantitative estimate of drug-likeness (QED) is 0.610. The Balaban J connectivity index is 4.22. The van der Waals surface area contributed by atoms with Crippen LogP contribution in [0.1, 0.15) is 26.2 Å². The van der Waals surface area contributed by atoms with Crippen molar-refractivity contribution in [3.8, 4) is 0 Å². The number of carboxylic acids is 1. The summed E-state index contributed by atoms with van der Waals surface area (Å²) in [6.07, 6.45) is 3.05. The predicted octanol–water partition coefficient (Wildman–Crippen LogP) is 1.13. The summed E-state index contributed by atoms with van der Waals surface area (Å²) in [5, 5.41) is 11.5. The average Bonchev–Trinajstić information content (AvgIpc) is 2.16. The first-order valence-corrected chi connectivity index (χ1v) is 6.83. The molecule has 0 saturated carbocycles. The Morgan fingerprint density at radius 1 is 1.47 bits per heavy atom. The number of nitrogens with one attached hydrogen (secondary N) is 1. The van der Waals surface area contributed by atoms with Gasteiger partial charge in [0.25, 0.3) is 0 Å². The third-order valence-electron chi connectivity index (χ3n) is 2.20. The molecule has 0 aromatic heterocycles. The summed E-state index contributed by atoms with van der Waals surface area (Å²) in [7, 11) is 1.49. The van der Waals surface area contributed by atoms with E-state index in [0.717, 1.165) is 12.2 Å². The number of rotatable bonds is 9. The summed E-state index contributed by atoms with van der Waals surface area (Å²) in [6.45, 7) is 1.87. The molecule has 0 radical (unpaired) electrons. The van der Waals surface area contributed by atoms with E-state index in [4.69, 9.17) is 9.84 Å². The third-order valence-corrected chi connectivity index (χ3v) is 2.89. The smallest absolute Gasteiger partial charge is 0.305 e. The summed E-state index contributed by atoms with van der Waals surface area (Å²) in [5.74, 6) is -0.151. The standard InChI is InChI=1S/C11H21NO4S/c1-11(8-16-2,7-10(14)15)12-9(13)5-4-6-17-3/h4-8H2,1-3H3,(H,12,13)(H,14,15). The Morgan fingerprint density at radius 2 is 2.12 bits per heavy atom. The zero-order valence-corrected chi connectivity index (χ0v) is 11.4. The second kappa shape index (κ2) is 8.36. The second-order valence-electron chi connectivity index (χ2n) is 4.21. The molecule has 0 saturated heterocycles. The summed E-state index contributed by atoms with van der Waals surface area (Å²) in [6, 6.07) is 0. The van der Waals surface area contributed by atoms with Gasteiger partial charge in [-0.05, 0) is 25.4 Å². The van der Waals surface area contributed by atoms with Crippen LogP contribution in [0, 0.1) is 0 Å². The molecule has 0 spiro atoms. The molecule has 2 N–H and O–H groups in total. The largest absolute Gasteiger partial charge is 0.481 e. The molecular weight excluding hydrogens is 242 g/mol. The van der Waals surface area contributed by atoms with Gasteiger partial charge in [0.05, 0.1) is 18.6 Å². The van der Waals surface area contributed by atoms with Crippen LogP contribution >= 0.6 is 11.8 Å². The maximum absolute atomic E-state index is 11.6. The van der Waals surface area contributed by atoms with Crippen LogP contribution in [0.4, 0.5) is 0 Å². The van der Waals surface area contributed by atoms with E-state index in [-0.39, 0.29) is 18.9 Å². The number of carbonyl (C=O) groups is 2. The van der Waals surface area contributed by atoms with Crippen molar-refractivity contribution < 1.29 is 19.4 Å². The number of thioether (sulfide) groups is 1. The lowest BCUT2D eigenvalue weighted by Crippen LogP contribution is -2.50. The summed E-state index contributed by atoms with van der Waals surface area (Å²) >= 11 is 1.68. The number of hydrogen-bond donors (Lipinski definition) is 2. The van der Waals surface area contributed by atoms with E-state index in [0.29, 0.717) is 6.42 Å². The van der Waals surface area contributed by atoms with Crippen LogP contribution in [0.3, 0.4) is 0 Å². The van der Waals surface area contributed by atoms with E-state index >= 15 is 0 Å². The normalized spacial score (nSPS) is 14.1. The molecule has 5 nitrogen and oxygen atoms in total. The molecule has 0 aromatic carbocycles. The van der Waals surface area contributed by atoms with E-state index < -0.39 is 11.5 Å². The van der Waals surface area contributed by atoms with Gasteiger partial charge in [-0.15, -0.1) is 0 Å². The molecule has 0 rings (SSSR count). The minimum Gasteiger partial charge on any atom is -0.481 e. The third kappa shape index (κ3) is 8.04. The molecule has 1 unspecified atom stereocenters. The molecule has 0 bridgehead atoms. The van der Waals surface area contributed by atoms with Gasteiger partial charge in [-0.2, -0.15) is 11.8 Å². The van der Waals surface area contributed by atoms with Crippen LogP contribution in [-0.4, -0.2) is 48.2 Å². The van der Waals surface area contributed by atoms with Crippen molar-refractivity contribution in [1.82, 2.24) is 5.32 Å². The SMILES string of the molecule is COCC(C)(CC(=O)O)NC(=O)CCCSC. The molecule has 0 aliphatic rings. The first-order valence-electron chi connectivity index (χ1n) is 5.44. The summed E-state index contributed by atoms with van der Waals surface area (Å²) in [4.78, 5) is 22.3. The minimum absolute atomic E-state index is 0.125. The Morgan fingerprint density at radius 3 is 2.59 bits per heavy atom. The molecule has 0 heterocycles. The van der Waals surface area contributed by atoms with Gasteiger partial charge in [-0.25, -0.2) is 0 Å². The van der Waals surface area contributed by atoms with Crippen LogP contribution in [0.25, 0.3) is 0 Å². The van der Waals surface area contributed by atoms with Crippen molar-refractivity contribution in [2.75, 3.05) is 25.7 Å².